The van der Waals surface area contributed by atoms with Gasteiger partial charge >= 0.3 is 0 Å². The van der Waals surface area contributed by atoms with E-state index in [1.165, 1.54) is 11.8 Å². The Morgan fingerprint density at radius 1 is 1.75 bits per heavy atom. The minimum absolute atomic E-state index is 0.858. The van der Waals surface area contributed by atoms with Crippen LogP contribution in [0.2, 0.25) is 0 Å². The predicted molar refractivity (Wildman–Crippen MR) is 54.3 cm³/mol. The van der Waals surface area contributed by atoms with Crippen molar-refractivity contribution in [1.29, 1.82) is 0 Å². The molecule has 0 amide bonds. The molecule has 0 aliphatic rings. The molecule has 66 valence electrons. The molecule has 12 heavy (non-hydrogen) atoms. The fourth-order valence-electron chi connectivity index (χ4n) is 0.752. The van der Waals surface area contributed by atoms with Crippen LogP contribution in [0.4, 0.5) is 0 Å². The largest absolute Gasteiger partial charge is 0.472 e. The number of hydrogen-bond acceptors (Lipinski definition) is 3. The van der Waals surface area contributed by atoms with E-state index < -0.39 is 10.8 Å². The Morgan fingerprint density at radius 2 is 2.50 bits per heavy atom. The van der Waals surface area contributed by atoms with E-state index in [1.807, 2.05) is 18.4 Å². The summed E-state index contributed by atoms with van der Waals surface area (Å²) >= 11 is 1.50. The molecule has 0 saturated carbocycles. The molecular formula is C8H10O2S2. The van der Waals surface area contributed by atoms with Crippen molar-refractivity contribution in [3.05, 3.63) is 28.4 Å². The topological polar surface area (TPSA) is 30.2 Å². The molecule has 1 aromatic heterocycles. The summed E-state index contributed by atoms with van der Waals surface area (Å²) in [5.41, 5.74) is 0.953. The molecular weight excluding hydrogens is 192 g/mol. The zero-order chi connectivity index (χ0) is 8.97. The summed E-state index contributed by atoms with van der Waals surface area (Å²) in [6.07, 6.45) is 8.67. The molecule has 0 N–H and O–H groups in total. The van der Waals surface area contributed by atoms with Gasteiger partial charge in [-0.05, 0) is 18.4 Å². The first-order valence-corrected chi connectivity index (χ1v) is 6.13. The van der Waals surface area contributed by atoms with E-state index in [0.717, 1.165) is 9.80 Å². The van der Waals surface area contributed by atoms with Crippen molar-refractivity contribution in [2.24, 2.45) is 0 Å². The first kappa shape index (κ1) is 9.61. The summed E-state index contributed by atoms with van der Waals surface area (Å²) in [6.45, 7) is 0. The molecule has 0 fully saturated rings. The van der Waals surface area contributed by atoms with Crippen LogP contribution in [0.5, 0.6) is 0 Å². The van der Waals surface area contributed by atoms with Gasteiger partial charge < -0.3 is 4.42 Å². The van der Waals surface area contributed by atoms with Crippen molar-refractivity contribution in [3.63, 3.8) is 0 Å². The average molecular weight is 202 g/mol. The molecule has 0 aliphatic carbocycles. The second kappa shape index (κ2) is 4.52. The van der Waals surface area contributed by atoms with Crippen LogP contribution >= 0.6 is 11.8 Å². The smallest absolute Gasteiger partial charge is 0.0975 e. The van der Waals surface area contributed by atoms with Gasteiger partial charge in [0.05, 0.1) is 27.6 Å². The number of rotatable bonds is 3. The van der Waals surface area contributed by atoms with Crippen LogP contribution in [0.1, 0.15) is 5.56 Å². The van der Waals surface area contributed by atoms with Gasteiger partial charge in [-0.3, -0.25) is 4.21 Å². The van der Waals surface area contributed by atoms with Crippen LogP contribution in [0.25, 0.3) is 6.08 Å². The van der Waals surface area contributed by atoms with Crippen LogP contribution in [-0.4, -0.2) is 16.7 Å². The second-order valence-electron chi connectivity index (χ2n) is 2.18. The minimum Gasteiger partial charge on any atom is -0.472 e. The van der Waals surface area contributed by atoms with E-state index in [1.54, 1.807) is 18.8 Å². The van der Waals surface area contributed by atoms with Crippen molar-refractivity contribution in [1.82, 2.24) is 0 Å². The molecule has 0 aliphatic heterocycles. The maximum atomic E-state index is 11.1. The first-order valence-electron chi connectivity index (χ1n) is 3.35. The van der Waals surface area contributed by atoms with Gasteiger partial charge in [0, 0.05) is 11.8 Å². The third kappa shape index (κ3) is 2.53. The quantitative estimate of drug-likeness (QED) is 0.753. The Labute approximate surface area is 78.5 Å². The van der Waals surface area contributed by atoms with E-state index in [0.29, 0.717) is 0 Å². The summed E-state index contributed by atoms with van der Waals surface area (Å²) < 4.78 is 16.8. The predicted octanol–water partition coefficient (Wildman–Crippen LogP) is 2.32. The Morgan fingerprint density at radius 3 is 2.92 bits per heavy atom. The summed E-state index contributed by atoms with van der Waals surface area (Å²) in [6, 6.07) is 1.84. The van der Waals surface area contributed by atoms with Crippen LogP contribution < -0.4 is 0 Å². The van der Waals surface area contributed by atoms with Crippen LogP contribution in [-0.2, 0) is 10.8 Å². The van der Waals surface area contributed by atoms with E-state index in [4.69, 9.17) is 4.42 Å². The lowest BCUT2D eigenvalue weighted by atomic mass is 10.3. The van der Waals surface area contributed by atoms with Crippen LogP contribution in [0.3, 0.4) is 0 Å². The summed E-state index contributed by atoms with van der Waals surface area (Å²) in [5.74, 6) is 0. The molecule has 1 heterocycles. The normalized spacial score (nSPS) is 14.7. The average Bonchev–Trinajstić information content (AvgIpc) is 2.51. The van der Waals surface area contributed by atoms with Crippen molar-refractivity contribution >= 4 is 28.6 Å². The highest BCUT2D eigenvalue weighted by atomic mass is 32.2. The van der Waals surface area contributed by atoms with Crippen molar-refractivity contribution in [2.45, 2.75) is 0 Å². The number of thioether (sulfide) groups is 1. The van der Waals surface area contributed by atoms with E-state index in [2.05, 4.69) is 0 Å². The highest BCUT2D eigenvalue weighted by molar-refractivity contribution is 8.16. The maximum Gasteiger partial charge on any atom is 0.0975 e. The third-order valence-electron chi connectivity index (χ3n) is 1.31. The summed E-state index contributed by atoms with van der Waals surface area (Å²) in [5, 5.41) is 0. The van der Waals surface area contributed by atoms with Crippen molar-refractivity contribution in [3.8, 4) is 0 Å². The maximum absolute atomic E-state index is 11.1. The Kier molecular flexibility index (Phi) is 3.62. The lowest BCUT2D eigenvalue weighted by Crippen LogP contribution is -1.85. The zero-order valence-electron chi connectivity index (χ0n) is 6.94. The molecule has 4 heteroatoms. The molecule has 1 atom stereocenters. The van der Waals surface area contributed by atoms with E-state index >= 15 is 0 Å². The first-order chi connectivity index (χ1) is 5.74. The van der Waals surface area contributed by atoms with Gasteiger partial charge in [0.2, 0.25) is 0 Å². The van der Waals surface area contributed by atoms with Crippen molar-refractivity contribution < 1.29 is 8.63 Å². The highest BCUT2D eigenvalue weighted by Gasteiger charge is 2.00. The summed E-state index contributed by atoms with van der Waals surface area (Å²) in [4.78, 5) is 0. The standard InChI is InChI=1S/C8H10O2S2/c1-11-8(12(2)9)5-7-3-4-10-6-7/h3-6H,1-2H3. The van der Waals surface area contributed by atoms with Crippen molar-refractivity contribution in [2.75, 3.05) is 12.5 Å². The number of hydrogen-bond donors (Lipinski definition) is 0. The molecule has 0 spiro atoms. The molecule has 1 unspecified atom stereocenters. The fourth-order valence-corrected chi connectivity index (χ4v) is 2.25. The van der Waals surface area contributed by atoms with Gasteiger partial charge in [0.25, 0.3) is 0 Å². The molecule has 1 rings (SSSR count). The van der Waals surface area contributed by atoms with Crippen LogP contribution in [0, 0.1) is 0 Å². The fraction of sp³-hybridized carbons (Fsp3) is 0.250. The SMILES string of the molecule is CSC(=Cc1ccoc1)S(C)=O. The monoisotopic (exact) mass is 202 g/mol. The van der Waals surface area contributed by atoms with Gasteiger partial charge in [0.15, 0.2) is 0 Å². The number of furan rings is 1. The van der Waals surface area contributed by atoms with E-state index in [-0.39, 0.29) is 0 Å². The third-order valence-corrected chi connectivity index (χ3v) is 3.72. The minimum atomic E-state index is -0.906. The second-order valence-corrected chi connectivity index (χ2v) is 4.63. The Balaban J connectivity index is 2.85. The van der Waals surface area contributed by atoms with Gasteiger partial charge in [-0.15, -0.1) is 11.8 Å². The zero-order valence-corrected chi connectivity index (χ0v) is 8.58. The Bertz CT molecular complexity index is 288. The molecule has 0 bridgehead atoms. The lowest BCUT2D eigenvalue weighted by molar-refractivity contribution is 0.567. The molecule has 0 aromatic carbocycles. The molecule has 1 aromatic rings. The summed E-state index contributed by atoms with van der Waals surface area (Å²) in [7, 11) is -0.906. The van der Waals surface area contributed by atoms with Gasteiger partial charge in [0.1, 0.15) is 0 Å². The molecule has 0 saturated heterocycles. The van der Waals surface area contributed by atoms with Gasteiger partial charge in [-0.25, -0.2) is 0 Å². The highest BCUT2D eigenvalue weighted by Crippen LogP contribution is 2.19. The molecule has 0 radical (unpaired) electrons. The van der Waals surface area contributed by atoms with Gasteiger partial charge in [-0.2, -0.15) is 0 Å². The Hall–Kier alpha value is -0.480. The van der Waals surface area contributed by atoms with Crippen LogP contribution in [0.15, 0.2) is 27.2 Å². The lowest BCUT2D eigenvalue weighted by Gasteiger charge is -1.96. The van der Waals surface area contributed by atoms with E-state index in [9.17, 15) is 4.21 Å². The molecule has 2 nitrogen and oxygen atoms in total. The van der Waals surface area contributed by atoms with Gasteiger partial charge in [-0.1, -0.05) is 0 Å².